The SMILES string of the molecule is CCC(C)[C@@H](N)c1ccc(OC)cc1C(F)(F)F.Cl. The van der Waals surface area contributed by atoms with Crippen molar-refractivity contribution in [3.05, 3.63) is 29.3 Å². The molecule has 0 amide bonds. The van der Waals surface area contributed by atoms with Crippen molar-refractivity contribution < 1.29 is 17.9 Å². The molecule has 0 radical (unpaired) electrons. The van der Waals surface area contributed by atoms with E-state index < -0.39 is 17.8 Å². The van der Waals surface area contributed by atoms with E-state index in [0.29, 0.717) is 0 Å². The van der Waals surface area contributed by atoms with Gasteiger partial charge in [-0.25, -0.2) is 0 Å². The maximum Gasteiger partial charge on any atom is 0.416 e. The molecule has 0 saturated heterocycles. The quantitative estimate of drug-likeness (QED) is 0.905. The van der Waals surface area contributed by atoms with Gasteiger partial charge in [-0.1, -0.05) is 26.3 Å². The Morgan fingerprint density at radius 3 is 2.32 bits per heavy atom. The third-order valence-electron chi connectivity index (χ3n) is 3.18. The fourth-order valence-corrected chi connectivity index (χ4v) is 1.76. The van der Waals surface area contributed by atoms with E-state index in [1.807, 2.05) is 13.8 Å². The molecule has 0 aliphatic carbocycles. The summed E-state index contributed by atoms with van der Waals surface area (Å²) in [6, 6.07) is 3.28. The van der Waals surface area contributed by atoms with Gasteiger partial charge in [0.2, 0.25) is 0 Å². The molecule has 0 spiro atoms. The lowest BCUT2D eigenvalue weighted by molar-refractivity contribution is -0.138. The summed E-state index contributed by atoms with van der Waals surface area (Å²) in [5.74, 6) is 0.168. The maximum absolute atomic E-state index is 13.0. The number of nitrogens with two attached hydrogens (primary N) is 1. The smallest absolute Gasteiger partial charge is 0.416 e. The van der Waals surface area contributed by atoms with Gasteiger partial charge in [-0.3, -0.25) is 0 Å². The standard InChI is InChI=1S/C13H18F3NO.ClH/c1-4-8(2)12(17)10-6-5-9(18-3)7-11(10)13(14,15)16;/h5-8,12H,4,17H2,1-3H3;1H/t8?,12-;/m1./s1. The van der Waals surface area contributed by atoms with Crippen molar-refractivity contribution in [3.8, 4) is 5.75 Å². The minimum absolute atomic E-state index is 0. The van der Waals surface area contributed by atoms with Gasteiger partial charge in [0, 0.05) is 6.04 Å². The highest BCUT2D eigenvalue weighted by Crippen LogP contribution is 2.38. The number of rotatable bonds is 4. The molecule has 2 atom stereocenters. The second-order valence-electron chi connectivity index (χ2n) is 4.36. The molecule has 0 fully saturated rings. The fraction of sp³-hybridized carbons (Fsp3) is 0.538. The maximum atomic E-state index is 13.0. The van der Waals surface area contributed by atoms with E-state index in [1.165, 1.54) is 19.2 Å². The van der Waals surface area contributed by atoms with E-state index in [0.717, 1.165) is 12.5 Å². The first-order valence-electron chi connectivity index (χ1n) is 5.82. The average molecular weight is 298 g/mol. The van der Waals surface area contributed by atoms with Crippen LogP contribution in [0.2, 0.25) is 0 Å². The number of hydrogen-bond acceptors (Lipinski definition) is 2. The van der Waals surface area contributed by atoms with Crippen molar-refractivity contribution in [1.29, 1.82) is 0 Å². The molecule has 0 aliphatic rings. The number of alkyl halides is 3. The Labute approximate surface area is 117 Å². The topological polar surface area (TPSA) is 35.2 Å². The van der Waals surface area contributed by atoms with Gasteiger partial charge in [0.05, 0.1) is 12.7 Å². The van der Waals surface area contributed by atoms with Gasteiger partial charge in [-0.2, -0.15) is 13.2 Å². The van der Waals surface area contributed by atoms with Crippen LogP contribution in [0.1, 0.15) is 37.4 Å². The molecular formula is C13H19ClF3NO. The van der Waals surface area contributed by atoms with Gasteiger partial charge in [0.15, 0.2) is 0 Å². The van der Waals surface area contributed by atoms with Crippen molar-refractivity contribution in [2.75, 3.05) is 7.11 Å². The molecule has 1 rings (SSSR count). The summed E-state index contributed by atoms with van der Waals surface area (Å²) in [6.07, 6.45) is -3.69. The number of methoxy groups -OCH3 is 1. The molecule has 0 bridgehead atoms. The van der Waals surface area contributed by atoms with Crippen LogP contribution in [-0.2, 0) is 6.18 Å². The van der Waals surface area contributed by atoms with E-state index in [4.69, 9.17) is 10.5 Å². The van der Waals surface area contributed by atoms with Crippen molar-refractivity contribution in [2.45, 2.75) is 32.5 Å². The van der Waals surface area contributed by atoms with Crippen LogP contribution in [-0.4, -0.2) is 7.11 Å². The summed E-state index contributed by atoms with van der Waals surface area (Å²) in [5, 5.41) is 0. The predicted octanol–water partition coefficient (Wildman–Crippen LogP) is 4.18. The van der Waals surface area contributed by atoms with Gasteiger partial charge in [-0.15, -0.1) is 12.4 Å². The highest BCUT2D eigenvalue weighted by molar-refractivity contribution is 5.85. The minimum Gasteiger partial charge on any atom is -0.497 e. The second-order valence-corrected chi connectivity index (χ2v) is 4.36. The fourth-order valence-electron chi connectivity index (χ4n) is 1.76. The van der Waals surface area contributed by atoms with E-state index in [9.17, 15) is 13.2 Å². The first-order chi connectivity index (χ1) is 8.31. The molecule has 6 heteroatoms. The van der Waals surface area contributed by atoms with Crippen LogP contribution in [0.4, 0.5) is 13.2 Å². The largest absolute Gasteiger partial charge is 0.497 e. The Morgan fingerprint density at radius 2 is 1.89 bits per heavy atom. The summed E-state index contributed by atoms with van der Waals surface area (Å²) < 4.78 is 43.8. The van der Waals surface area contributed by atoms with Crippen LogP contribution in [0.25, 0.3) is 0 Å². The third kappa shape index (κ3) is 4.28. The molecule has 110 valence electrons. The number of hydrogen-bond donors (Lipinski definition) is 1. The molecule has 0 aliphatic heterocycles. The zero-order chi connectivity index (χ0) is 13.9. The van der Waals surface area contributed by atoms with E-state index >= 15 is 0 Å². The molecule has 19 heavy (non-hydrogen) atoms. The number of halogens is 4. The van der Waals surface area contributed by atoms with Crippen molar-refractivity contribution in [2.24, 2.45) is 11.7 Å². The van der Waals surface area contributed by atoms with Crippen molar-refractivity contribution >= 4 is 12.4 Å². The average Bonchev–Trinajstić information content (AvgIpc) is 2.35. The Hall–Kier alpha value is -0.940. The zero-order valence-corrected chi connectivity index (χ0v) is 11.9. The van der Waals surface area contributed by atoms with Gasteiger partial charge < -0.3 is 10.5 Å². The summed E-state index contributed by atoms with van der Waals surface area (Å²) >= 11 is 0. The molecule has 0 aromatic heterocycles. The third-order valence-corrected chi connectivity index (χ3v) is 3.18. The molecule has 1 aromatic rings. The number of benzene rings is 1. The van der Waals surface area contributed by atoms with Crippen LogP contribution in [0.5, 0.6) is 5.75 Å². The summed E-state index contributed by atoms with van der Waals surface area (Å²) in [4.78, 5) is 0. The number of ether oxygens (including phenoxy) is 1. The van der Waals surface area contributed by atoms with Gasteiger partial charge in [0.1, 0.15) is 5.75 Å². The highest BCUT2D eigenvalue weighted by Gasteiger charge is 2.35. The van der Waals surface area contributed by atoms with E-state index in [-0.39, 0.29) is 29.6 Å². The molecule has 2 N–H and O–H groups in total. The second kappa shape index (κ2) is 7.01. The molecule has 0 saturated carbocycles. The van der Waals surface area contributed by atoms with E-state index in [1.54, 1.807) is 0 Å². The lowest BCUT2D eigenvalue weighted by atomic mass is 9.90. The first kappa shape index (κ1) is 18.1. The Balaban J connectivity index is 0.00000324. The minimum atomic E-state index is -4.42. The van der Waals surface area contributed by atoms with Gasteiger partial charge in [-0.05, 0) is 23.6 Å². The monoisotopic (exact) mass is 297 g/mol. The van der Waals surface area contributed by atoms with Crippen LogP contribution >= 0.6 is 12.4 Å². The Bertz CT molecular complexity index is 409. The van der Waals surface area contributed by atoms with Crippen LogP contribution in [0, 0.1) is 5.92 Å². The molecule has 0 heterocycles. The van der Waals surface area contributed by atoms with Crippen LogP contribution < -0.4 is 10.5 Å². The Morgan fingerprint density at radius 1 is 1.32 bits per heavy atom. The highest BCUT2D eigenvalue weighted by atomic mass is 35.5. The van der Waals surface area contributed by atoms with E-state index in [2.05, 4.69) is 0 Å². The van der Waals surface area contributed by atoms with Crippen molar-refractivity contribution in [1.82, 2.24) is 0 Å². The Kier molecular flexibility index (Phi) is 6.66. The summed E-state index contributed by atoms with van der Waals surface area (Å²) in [6.45, 7) is 3.75. The van der Waals surface area contributed by atoms with Crippen LogP contribution in [0.3, 0.4) is 0 Å². The molecule has 1 unspecified atom stereocenters. The van der Waals surface area contributed by atoms with Gasteiger partial charge in [0.25, 0.3) is 0 Å². The van der Waals surface area contributed by atoms with Crippen molar-refractivity contribution in [3.63, 3.8) is 0 Å². The van der Waals surface area contributed by atoms with Gasteiger partial charge >= 0.3 is 6.18 Å². The molecule has 1 aromatic carbocycles. The molecule has 2 nitrogen and oxygen atoms in total. The summed E-state index contributed by atoms with van der Waals surface area (Å²) in [7, 11) is 1.34. The summed E-state index contributed by atoms with van der Waals surface area (Å²) in [5.41, 5.74) is 5.31. The molecular weight excluding hydrogens is 279 g/mol. The lowest BCUT2D eigenvalue weighted by Crippen LogP contribution is -2.22. The first-order valence-corrected chi connectivity index (χ1v) is 5.82. The zero-order valence-electron chi connectivity index (χ0n) is 11.1. The normalized spacial score (nSPS) is 14.5. The predicted molar refractivity (Wildman–Crippen MR) is 71.6 cm³/mol. The van der Waals surface area contributed by atoms with Crippen LogP contribution in [0.15, 0.2) is 18.2 Å². The lowest BCUT2D eigenvalue weighted by Gasteiger charge is -2.23.